The number of rotatable bonds is 5. The molecule has 0 saturated carbocycles. The molecule has 1 aromatic heterocycles. The van der Waals surface area contributed by atoms with E-state index in [-0.39, 0.29) is 17.9 Å². The molecule has 0 aliphatic carbocycles. The Kier molecular flexibility index (Phi) is 4.89. The number of benzene rings is 1. The van der Waals surface area contributed by atoms with E-state index in [1.807, 2.05) is 0 Å². The van der Waals surface area contributed by atoms with Gasteiger partial charge in [-0.1, -0.05) is 12.1 Å². The number of carbonyl (C=O) groups excluding carboxylic acids is 1. The zero-order valence-electron chi connectivity index (χ0n) is 10.7. The van der Waals surface area contributed by atoms with Gasteiger partial charge in [0.05, 0.1) is 0 Å². The fourth-order valence-electron chi connectivity index (χ4n) is 1.54. The summed E-state index contributed by atoms with van der Waals surface area (Å²) in [5.74, 6) is -1.01. The number of para-hydroxylation sites is 1. The number of ether oxygens (including phenoxy) is 1. The molecule has 0 spiro atoms. The molecule has 0 unspecified atom stereocenters. The predicted molar refractivity (Wildman–Crippen MR) is 79.5 cm³/mol. The lowest BCUT2D eigenvalue weighted by Crippen LogP contribution is -2.21. The Balaban J connectivity index is 1.95. The van der Waals surface area contributed by atoms with Crippen LogP contribution >= 0.6 is 15.9 Å². The van der Waals surface area contributed by atoms with E-state index in [0.717, 1.165) is 4.47 Å². The Bertz CT molecular complexity index is 658. The van der Waals surface area contributed by atoms with E-state index in [9.17, 15) is 9.59 Å². The minimum Gasteiger partial charge on any atom is -0.483 e. The lowest BCUT2D eigenvalue weighted by Gasteiger charge is -2.09. The van der Waals surface area contributed by atoms with Crippen molar-refractivity contribution in [2.24, 2.45) is 0 Å². The number of hydrogen-bond donors (Lipinski definition) is 2. The van der Waals surface area contributed by atoms with Gasteiger partial charge in [-0.3, -0.25) is 4.79 Å². The van der Waals surface area contributed by atoms with Gasteiger partial charge in [-0.15, -0.1) is 0 Å². The maximum atomic E-state index is 11.7. The zero-order valence-corrected chi connectivity index (χ0v) is 12.3. The van der Waals surface area contributed by atoms with Crippen molar-refractivity contribution in [1.82, 2.24) is 4.98 Å². The molecule has 7 heteroatoms. The molecule has 2 N–H and O–H groups in total. The Morgan fingerprint density at radius 3 is 2.67 bits per heavy atom. The first-order chi connectivity index (χ1) is 10.1. The van der Waals surface area contributed by atoms with Gasteiger partial charge in [0.1, 0.15) is 17.1 Å². The van der Waals surface area contributed by atoms with Gasteiger partial charge in [-0.25, -0.2) is 9.78 Å². The molecule has 2 aromatic rings. The monoisotopic (exact) mass is 350 g/mol. The summed E-state index contributed by atoms with van der Waals surface area (Å²) in [7, 11) is 0. The second-order valence-corrected chi connectivity index (χ2v) is 4.92. The Morgan fingerprint density at radius 2 is 2.00 bits per heavy atom. The van der Waals surface area contributed by atoms with Crippen molar-refractivity contribution in [1.29, 1.82) is 0 Å². The number of amides is 1. The number of aromatic nitrogens is 1. The van der Waals surface area contributed by atoms with Crippen LogP contribution in [0.1, 0.15) is 10.4 Å². The highest BCUT2D eigenvalue weighted by Crippen LogP contribution is 2.17. The zero-order chi connectivity index (χ0) is 15.2. The van der Waals surface area contributed by atoms with Crippen molar-refractivity contribution in [3.8, 4) is 5.75 Å². The summed E-state index contributed by atoms with van der Waals surface area (Å²) < 4.78 is 6.02. The summed E-state index contributed by atoms with van der Waals surface area (Å²) in [6.45, 7) is -0.304. The molecule has 1 aromatic carbocycles. The van der Waals surface area contributed by atoms with Gasteiger partial charge in [0.15, 0.2) is 6.61 Å². The number of pyridine rings is 1. The Labute approximate surface area is 128 Å². The van der Waals surface area contributed by atoms with Crippen LogP contribution in [0.3, 0.4) is 0 Å². The number of nitrogens with one attached hydrogen (secondary N) is 1. The maximum Gasteiger partial charge on any atom is 0.339 e. The lowest BCUT2D eigenvalue weighted by atomic mass is 10.2. The summed E-state index contributed by atoms with van der Waals surface area (Å²) in [6, 6.07) is 9.49. The van der Waals surface area contributed by atoms with Crippen LogP contribution in [0.4, 0.5) is 5.82 Å². The highest BCUT2D eigenvalue weighted by Gasteiger charge is 2.12. The number of carboxylic acid groups (broad SMARTS) is 1. The van der Waals surface area contributed by atoms with Crippen LogP contribution in [0.5, 0.6) is 5.75 Å². The summed E-state index contributed by atoms with van der Waals surface area (Å²) in [4.78, 5) is 26.7. The molecule has 6 nitrogen and oxygen atoms in total. The van der Waals surface area contributed by atoms with Crippen LogP contribution in [0.25, 0.3) is 0 Å². The van der Waals surface area contributed by atoms with Crippen molar-refractivity contribution in [3.63, 3.8) is 0 Å². The van der Waals surface area contributed by atoms with Crippen molar-refractivity contribution < 1.29 is 19.4 Å². The van der Waals surface area contributed by atoms with Crippen LogP contribution in [0, 0.1) is 0 Å². The molecule has 0 saturated heterocycles. The number of nitrogens with zero attached hydrogens (tertiary/aromatic N) is 1. The van der Waals surface area contributed by atoms with Crippen LogP contribution in [-0.2, 0) is 4.79 Å². The average molecular weight is 351 g/mol. The largest absolute Gasteiger partial charge is 0.483 e. The van der Waals surface area contributed by atoms with Gasteiger partial charge in [0.25, 0.3) is 5.91 Å². The van der Waals surface area contributed by atoms with Crippen LogP contribution in [-0.4, -0.2) is 28.6 Å². The molecular weight excluding hydrogens is 340 g/mol. The van der Waals surface area contributed by atoms with Crippen LogP contribution in [0.2, 0.25) is 0 Å². The molecule has 108 valence electrons. The first-order valence-corrected chi connectivity index (χ1v) is 6.72. The third-order valence-corrected chi connectivity index (χ3v) is 2.94. The number of aromatic carboxylic acids is 1. The van der Waals surface area contributed by atoms with E-state index < -0.39 is 11.9 Å². The molecule has 0 radical (unpaired) electrons. The molecule has 0 aliphatic heterocycles. The number of carboxylic acids is 1. The van der Waals surface area contributed by atoms with Gasteiger partial charge in [-0.2, -0.15) is 0 Å². The van der Waals surface area contributed by atoms with Crippen LogP contribution in [0.15, 0.2) is 47.1 Å². The molecule has 0 fully saturated rings. The first-order valence-electron chi connectivity index (χ1n) is 5.93. The molecule has 1 heterocycles. The third kappa shape index (κ3) is 4.28. The standard InChI is InChI=1S/C14H11BrN2O4/c15-9-5-6-12(16-7-9)17-13(18)8-21-11-4-2-1-3-10(11)14(19)20/h1-7H,8H2,(H,19,20)(H,16,17,18). The number of anilines is 1. The molecule has 1 amide bonds. The van der Waals surface area contributed by atoms with Gasteiger partial charge in [-0.05, 0) is 40.2 Å². The minimum absolute atomic E-state index is 0.00654. The summed E-state index contributed by atoms with van der Waals surface area (Å²) in [5.41, 5.74) is 0.00654. The minimum atomic E-state index is -1.11. The summed E-state index contributed by atoms with van der Waals surface area (Å²) in [6.07, 6.45) is 1.55. The van der Waals surface area contributed by atoms with Gasteiger partial charge < -0.3 is 15.2 Å². The Morgan fingerprint density at radius 1 is 1.24 bits per heavy atom. The molecule has 21 heavy (non-hydrogen) atoms. The first kappa shape index (κ1) is 15.0. The van der Waals surface area contributed by atoms with E-state index in [4.69, 9.17) is 9.84 Å². The van der Waals surface area contributed by atoms with E-state index >= 15 is 0 Å². The van der Waals surface area contributed by atoms with Crippen LogP contribution < -0.4 is 10.1 Å². The van der Waals surface area contributed by atoms with Crippen molar-refractivity contribution >= 4 is 33.6 Å². The van der Waals surface area contributed by atoms with E-state index in [2.05, 4.69) is 26.2 Å². The summed E-state index contributed by atoms with van der Waals surface area (Å²) >= 11 is 3.24. The number of halogens is 1. The smallest absolute Gasteiger partial charge is 0.339 e. The topological polar surface area (TPSA) is 88.5 Å². The molecule has 2 rings (SSSR count). The summed E-state index contributed by atoms with van der Waals surface area (Å²) in [5, 5.41) is 11.5. The number of carbonyl (C=O) groups is 2. The second-order valence-electron chi connectivity index (χ2n) is 4.00. The normalized spacial score (nSPS) is 9.95. The van der Waals surface area contributed by atoms with Gasteiger partial charge >= 0.3 is 5.97 Å². The quantitative estimate of drug-likeness (QED) is 0.864. The predicted octanol–water partition coefficient (Wildman–Crippen LogP) is 2.56. The fourth-order valence-corrected chi connectivity index (χ4v) is 1.78. The highest BCUT2D eigenvalue weighted by molar-refractivity contribution is 9.10. The second kappa shape index (κ2) is 6.85. The third-order valence-electron chi connectivity index (χ3n) is 2.47. The lowest BCUT2D eigenvalue weighted by molar-refractivity contribution is -0.118. The van der Waals surface area contributed by atoms with E-state index in [1.54, 1.807) is 30.5 Å². The number of hydrogen-bond acceptors (Lipinski definition) is 4. The molecule has 0 atom stereocenters. The van der Waals surface area contributed by atoms with Crippen molar-refractivity contribution in [3.05, 3.63) is 52.6 Å². The maximum absolute atomic E-state index is 11.7. The SMILES string of the molecule is O=C(COc1ccccc1C(=O)O)Nc1ccc(Br)cn1. The fraction of sp³-hybridized carbons (Fsp3) is 0.0714. The average Bonchev–Trinajstić information content (AvgIpc) is 2.48. The highest BCUT2D eigenvalue weighted by atomic mass is 79.9. The van der Waals surface area contributed by atoms with Crippen molar-refractivity contribution in [2.45, 2.75) is 0 Å². The van der Waals surface area contributed by atoms with Crippen molar-refractivity contribution in [2.75, 3.05) is 11.9 Å². The Hall–Kier alpha value is -2.41. The molecular formula is C14H11BrN2O4. The van der Waals surface area contributed by atoms with E-state index in [1.165, 1.54) is 12.1 Å². The van der Waals surface area contributed by atoms with Gasteiger partial charge in [0.2, 0.25) is 0 Å². The molecule has 0 bridgehead atoms. The van der Waals surface area contributed by atoms with E-state index in [0.29, 0.717) is 5.82 Å². The van der Waals surface area contributed by atoms with Gasteiger partial charge in [0, 0.05) is 10.7 Å². The molecule has 0 aliphatic rings.